The zero-order chi connectivity index (χ0) is 23.2. The largest absolute Gasteiger partial charge is 0.254 e. The summed E-state index contributed by atoms with van der Waals surface area (Å²) in [7, 11) is 0. The molecule has 0 aliphatic carbocycles. The summed E-state index contributed by atoms with van der Waals surface area (Å²) in [6.45, 7) is 0. The maximum Gasteiger partial charge on any atom is 0.160 e. The molecule has 0 spiro atoms. The second kappa shape index (κ2) is 8.04. The van der Waals surface area contributed by atoms with E-state index in [9.17, 15) is 0 Å². The van der Waals surface area contributed by atoms with Crippen molar-refractivity contribution in [2.75, 3.05) is 0 Å². The molecule has 4 heterocycles. The fourth-order valence-electron chi connectivity index (χ4n) is 4.40. The SMILES string of the molecule is c1ccc(-c2nc(-c3ccnc(-c4nc5cccnc5s4)c3)nc3ccc4ccccc4c23)cc1. The van der Waals surface area contributed by atoms with Crippen LogP contribution in [0.3, 0.4) is 0 Å². The van der Waals surface area contributed by atoms with Gasteiger partial charge in [-0.2, -0.15) is 0 Å². The second-order valence-electron chi connectivity index (χ2n) is 8.22. The molecule has 0 amide bonds. The summed E-state index contributed by atoms with van der Waals surface area (Å²) in [6, 6.07) is 30.7. The minimum Gasteiger partial charge on any atom is -0.254 e. The Hall–Kier alpha value is -4.55. The number of fused-ring (bicyclic) bond motifs is 4. The monoisotopic (exact) mass is 467 g/mol. The summed E-state index contributed by atoms with van der Waals surface area (Å²) in [6.07, 6.45) is 3.58. The lowest BCUT2D eigenvalue weighted by Gasteiger charge is -2.12. The lowest BCUT2D eigenvalue weighted by atomic mass is 10.00. The van der Waals surface area contributed by atoms with E-state index in [4.69, 9.17) is 15.0 Å². The van der Waals surface area contributed by atoms with Crippen LogP contribution in [0.25, 0.3) is 65.4 Å². The van der Waals surface area contributed by atoms with Crippen molar-refractivity contribution in [3.63, 3.8) is 0 Å². The molecule has 0 atom stereocenters. The lowest BCUT2D eigenvalue weighted by Crippen LogP contribution is -1.96. The first-order valence-corrected chi connectivity index (χ1v) is 12.1. The highest BCUT2D eigenvalue weighted by molar-refractivity contribution is 7.21. The van der Waals surface area contributed by atoms with Crippen molar-refractivity contribution in [1.82, 2.24) is 24.9 Å². The normalized spacial score (nSPS) is 11.4. The van der Waals surface area contributed by atoms with Gasteiger partial charge in [0.1, 0.15) is 15.4 Å². The minimum atomic E-state index is 0.662. The van der Waals surface area contributed by atoms with Crippen molar-refractivity contribution >= 4 is 43.4 Å². The zero-order valence-electron chi connectivity index (χ0n) is 18.5. The van der Waals surface area contributed by atoms with E-state index in [1.807, 2.05) is 42.5 Å². The van der Waals surface area contributed by atoms with E-state index >= 15 is 0 Å². The number of pyridine rings is 2. The molecule has 35 heavy (non-hydrogen) atoms. The first kappa shape index (κ1) is 19.9. The van der Waals surface area contributed by atoms with Gasteiger partial charge >= 0.3 is 0 Å². The average molecular weight is 468 g/mol. The molecule has 0 N–H and O–H groups in total. The third-order valence-electron chi connectivity index (χ3n) is 6.04. The predicted octanol–water partition coefficient (Wildman–Crippen LogP) is 7.18. The molecule has 4 aromatic heterocycles. The Bertz CT molecular complexity index is 1830. The number of hydrogen-bond acceptors (Lipinski definition) is 6. The van der Waals surface area contributed by atoms with Crippen molar-refractivity contribution in [1.29, 1.82) is 0 Å². The molecule has 0 unspecified atom stereocenters. The van der Waals surface area contributed by atoms with Crippen molar-refractivity contribution in [2.45, 2.75) is 0 Å². The Morgan fingerprint density at radius 1 is 0.600 bits per heavy atom. The predicted molar refractivity (Wildman–Crippen MR) is 142 cm³/mol. The first-order chi connectivity index (χ1) is 17.3. The van der Waals surface area contributed by atoms with Crippen molar-refractivity contribution < 1.29 is 0 Å². The maximum atomic E-state index is 5.10. The summed E-state index contributed by atoms with van der Waals surface area (Å²) in [5.74, 6) is 0.662. The van der Waals surface area contributed by atoms with E-state index in [0.29, 0.717) is 5.82 Å². The van der Waals surface area contributed by atoms with Crippen LogP contribution >= 0.6 is 11.3 Å². The molecular weight excluding hydrogens is 450 g/mol. The number of rotatable bonds is 3. The molecule has 0 saturated heterocycles. The van der Waals surface area contributed by atoms with Crippen LogP contribution in [0.15, 0.2) is 103 Å². The third kappa shape index (κ3) is 3.43. The fourth-order valence-corrected chi connectivity index (χ4v) is 5.28. The number of thiazole rings is 1. The highest BCUT2D eigenvalue weighted by Crippen LogP contribution is 2.35. The summed E-state index contributed by atoms with van der Waals surface area (Å²) in [5.41, 5.74) is 5.45. The molecule has 0 aliphatic heterocycles. The fraction of sp³-hybridized carbons (Fsp3) is 0. The Balaban J connectivity index is 1.45. The summed E-state index contributed by atoms with van der Waals surface area (Å²) in [4.78, 5) is 24.7. The molecule has 7 aromatic rings. The highest BCUT2D eigenvalue weighted by atomic mass is 32.1. The third-order valence-corrected chi connectivity index (χ3v) is 7.04. The molecule has 164 valence electrons. The molecule has 0 bridgehead atoms. The number of aromatic nitrogens is 5. The van der Waals surface area contributed by atoms with E-state index in [2.05, 4.69) is 58.5 Å². The van der Waals surface area contributed by atoms with Crippen LogP contribution < -0.4 is 0 Å². The van der Waals surface area contributed by atoms with Gasteiger partial charge in [-0.05, 0) is 41.1 Å². The van der Waals surface area contributed by atoms with E-state index in [0.717, 1.165) is 54.2 Å². The molecular formula is C29H17N5S. The summed E-state index contributed by atoms with van der Waals surface area (Å²) < 4.78 is 0. The van der Waals surface area contributed by atoms with Gasteiger partial charge in [0.25, 0.3) is 0 Å². The lowest BCUT2D eigenvalue weighted by molar-refractivity contribution is 1.22. The Labute approximate surface area is 204 Å². The van der Waals surface area contributed by atoms with Gasteiger partial charge in [0.15, 0.2) is 5.82 Å². The van der Waals surface area contributed by atoms with Crippen molar-refractivity contribution in [3.8, 4) is 33.3 Å². The quantitative estimate of drug-likeness (QED) is 0.257. The van der Waals surface area contributed by atoms with E-state index < -0.39 is 0 Å². The second-order valence-corrected chi connectivity index (χ2v) is 9.20. The van der Waals surface area contributed by atoms with Crippen LogP contribution in [0.4, 0.5) is 0 Å². The smallest absolute Gasteiger partial charge is 0.160 e. The highest BCUT2D eigenvalue weighted by Gasteiger charge is 2.15. The van der Waals surface area contributed by atoms with Crippen LogP contribution in [0.5, 0.6) is 0 Å². The van der Waals surface area contributed by atoms with Gasteiger partial charge in [-0.3, -0.25) is 4.98 Å². The molecule has 0 fully saturated rings. The Morgan fingerprint density at radius 3 is 2.40 bits per heavy atom. The van der Waals surface area contributed by atoms with Gasteiger partial charge in [0, 0.05) is 28.9 Å². The number of hydrogen-bond donors (Lipinski definition) is 0. The van der Waals surface area contributed by atoms with Crippen molar-refractivity contribution in [2.24, 2.45) is 0 Å². The minimum absolute atomic E-state index is 0.662. The molecule has 3 aromatic carbocycles. The van der Waals surface area contributed by atoms with E-state index in [1.54, 1.807) is 12.4 Å². The van der Waals surface area contributed by atoms with E-state index in [-0.39, 0.29) is 0 Å². The van der Waals surface area contributed by atoms with Gasteiger partial charge < -0.3 is 0 Å². The molecule has 5 nitrogen and oxygen atoms in total. The first-order valence-electron chi connectivity index (χ1n) is 11.3. The van der Waals surface area contributed by atoms with E-state index in [1.165, 1.54) is 16.7 Å². The maximum absolute atomic E-state index is 5.10. The molecule has 7 rings (SSSR count). The van der Waals surface area contributed by atoms with Crippen LogP contribution in [-0.4, -0.2) is 24.9 Å². The van der Waals surface area contributed by atoms with Gasteiger partial charge in [-0.25, -0.2) is 19.9 Å². The zero-order valence-corrected chi connectivity index (χ0v) is 19.3. The molecule has 0 saturated carbocycles. The van der Waals surface area contributed by atoms with Crippen LogP contribution in [0.1, 0.15) is 0 Å². The van der Waals surface area contributed by atoms with Gasteiger partial charge in [0.2, 0.25) is 0 Å². The standard InChI is InChI=1S/C29H17N5S/c1-2-8-19(9-3-1)26-25-21-10-5-4-7-18(21)12-13-22(25)32-27(34-26)20-14-16-30-24(17-20)29-33-23-11-6-15-31-28(23)35-29/h1-17H. The molecule has 0 aliphatic rings. The number of benzene rings is 3. The number of nitrogens with zero attached hydrogens (tertiary/aromatic N) is 5. The van der Waals surface area contributed by atoms with Crippen molar-refractivity contribution in [3.05, 3.63) is 103 Å². The van der Waals surface area contributed by atoms with Crippen LogP contribution in [0, 0.1) is 0 Å². The van der Waals surface area contributed by atoms with Crippen LogP contribution in [-0.2, 0) is 0 Å². The molecule has 0 radical (unpaired) electrons. The average Bonchev–Trinajstić information content (AvgIpc) is 3.37. The van der Waals surface area contributed by atoms with Gasteiger partial charge in [-0.1, -0.05) is 72.0 Å². The molecule has 6 heteroatoms. The van der Waals surface area contributed by atoms with Crippen LogP contribution in [0.2, 0.25) is 0 Å². The van der Waals surface area contributed by atoms with Gasteiger partial charge in [-0.15, -0.1) is 0 Å². The summed E-state index contributed by atoms with van der Waals surface area (Å²) >= 11 is 1.53. The van der Waals surface area contributed by atoms with Gasteiger partial charge in [0.05, 0.1) is 16.9 Å². The Morgan fingerprint density at radius 2 is 1.49 bits per heavy atom. The topological polar surface area (TPSA) is 64.5 Å². The Kier molecular flexibility index (Phi) is 4.57. The summed E-state index contributed by atoms with van der Waals surface area (Å²) in [5, 5.41) is 4.21.